The monoisotopic (exact) mass is 234 g/mol. The fourth-order valence-corrected chi connectivity index (χ4v) is 1.99. The summed E-state index contributed by atoms with van der Waals surface area (Å²) in [5.74, 6) is 0.772. The Morgan fingerprint density at radius 1 is 1.11 bits per heavy atom. The maximum Gasteiger partial charge on any atom is 0.174 e. The fraction of sp³-hybridized carbons (Fsp3) is 0.0667. The maximum absolute atomic E-state index is 8.68. The second-order valence-corrected chi connectivity index (χ2v) is 4.06. The van der Waals surface area contributed by atoms with Crippen molar-refractivity contribution >= 4 is 10.9 Å². The van der Waals surface area contributed by atoms with E-state index in [1.807, 2.05) is 48.5 Å². The van der Waals surface area contributed by atoms with Crippen molar-refractivity contribution in [2.24, 2.45) is 0 Å². The van der Waals surface area contributed by atoms with Crippen LogP contribution in [0.2, 0.25) is 0 Å². The second-order valence-electron chi connectivity index (χ2n) is 4.06. The first-order chi connectivity index (χ1) is 8.88. The van der Waals surface area contributed by atoms with Gasteiger partial charge in [0.1, 0.15) is 5.52 Å². The summed E-state index contributed by atoms with van der Waals surface area (Å²) < 4.78 is 5.40. The molecule has 0 fully saturated rings. The third kappa shape index (κ3) is 1.74. The van der Waals surface area contributed by atoms with Gasteiger partial charge in [0, 0.05) is 10.9 Å². The van der Waals surface area contributed by atoms with Crippen LogP contribution in [-0.4, -0.2) is 5.16 Å². The largest absolute Gasteiger partial charge is 0.355 e. The number of benzene rings is 2. The molecule has 0 aliphatic heterocycles. The van der Waals surface area contributed by atoms with E-state index < -0.39 is 0 Å². The third-order valence-electron chi connectivity index (χ3n) is 2.86. The van der Waals surface area contributed by atoms with E-state index in [2.05, 4.69) is 11.2 Å². The molecule has 3 rings (SSSR count). The van der Waals surface area contributed by atoms with E-state index >= 15 is 0 Å². The zero-order chi connectivity index (χ0) is 12.4. The van der Waals surface area contributed by atoms with Crippen molar-refractivity contribution in [3.05, 3.63) is 54.1 Å². The summed E-state index contributed by atoms with van der Waals surface area (Å²) in [7, 11) is 0. The number of aromatic nitrogens is 1. The van der Waals surface area contributed by atoms with Crippen molar-refractivity contribution in [3.8, 4) is 17.4 Å². The van der Waals surface area contributed by atoms with Gasteiger partial charge in [-0.1, -0.05) is 41.6 Å². The average Bonchev–Trinajstić information content (AvgIpc) is 2.83. The fourth-order valence-electron chi connectivity index (χ4n) is 1.99. The molecule has 0 saturated carbocycles. The molecule has 0 amide bonds. The lowest BCUT2D eigenvalue weighted by Crippen LogP contribution is -1.81. The number of nitriles is 1. The molecule has 3 aromatic rings. The highest BCUT2D eigenvalue weighted by atomic mass is 16.5. The average molecular weight is 234 g/mol. The van der Waals surface area contributed by atoms with Crippen molar-refractivity contribution in [3.63, 3.8) is 0 Å². The van der Waals surface area contributed by atoms with Crippen LogP contribution in [0, 0.1) is 11.3 Å². The first-order valence-electron chi connectivity index (χ1n) is 5.69. The van der Waals surface area contributed by atoms with Crippen LogP contribution in [-0.2, 0) is 6.42 Å². The van der Waals surface area contributed by atoms with Crippen LogP contribution in [0.15, 0.2) is 53.1 Å². The van der Waals surface area contributed by atoms with Gasteiger partial charge in [-0.2, -0.15) is 5.26 Å². The SMILES string of the molecule is N#CCc1ccc2c(-c3ccccc3)onc2c1. The lowest BCUT2D eigenvalue weighted by Gasteiger charge is -1.96. The Morgan fingerprint density at radius 3 is 2.72 bits per heavy atom. The van der Waals surface area contributed by atoms with Crippen LogP contribution >= 0.6 is 0 Å². The van der Waals surface area contributed by atoms with Gasteiger partial charge in [-0.15, -0.1) is 0 Å². The van der Waals surface area contributed by atoms with Gasteiger partial charge in [0.05, 0.1) is 12.5 Å². The first kappa shape index (κ1) is 10.5. The summed E-state index contributed by atoms with van der Waals surface area (Å²) in [6.45, 7) is 0. The van der Waals surface area contributed by atoms with Gasteiger partial charge in [-0.3, -0.25) is 0 Å². The van der Waals surface area contributed by atoms with Gasteiger partial charge < -0.3 is 4.52 Å². The van der Waals surface area contributed by atoms with Crippen molar-refractivity contribution in [2.45, 2.75) is 6.42 Å². The molecule has 0 radical (unpaired) electrons. The number of nitrogens with zero attached hydrogens (tertiary/aromatic N) is 2. The normalized spacial score (nSPS) is 10.4. The molecule has 0 N–H and O–H groups in total. The molecule has 3 heteroatoms. The van der Waals surface area contributed by atoms with E-state index in [0.717, 1.165) is 27.8 Å². The minimum Gasteiger partial charge on any atom is -0.355 e. The van der Waals surface area contributed by atoms with E-state index in [-0.39, 0.29) is 0 Å². The molecule has 3 nitrogen and oxygen atoms in total. The molecule has 0 aliphatic carbocycles. The molecule has 0 bridgehead atoms. The minimum absolute atomic E-state index is 0.392. The Hall–Kier alpha value is -2.60. The van der Waals surface area contributed by atoms with Crippen molar-refractivity contribution in [1.82, 2.24) is 5.16 Å². The molecule has 0 aliphatic rings. The smallest absolute Gasteiger partial charge is 0.174 e. The molecular weight excluding hydrogens is 224 g/mol. The van der Waals surface area contributed by atoms with Crippen LogP contribution in [0.3, 0.4) is 0 Å². The van der Waals surface area contributed by atoms with Crippen molar-refractivity contribution < 1.29 is 4.52 Å². The molecular formula is C15H10N2O. The molecule has 0 saturated heterocycles. The summed E-state index contributed by atoms with van der Waals surface area (Å²) >= 11 is 0. The first-order valence-corrected chi connectivity index (χ1v) is 5.69. The molecule has 0 unspecified atom stereocenters. The molecule has 86 valence electrons. The van der Waals surface area contributed by atoms with Gasteiger partial charge in [-0.25, -0.2) is 0 Å². The Balaban J connectivity index is 2.14. The number of hydrogen-bond donors (Lipinski definition) is 0. The molecule has 1 aromatic heterocycles. The Bertz CT molecular complexity index is 723. The number of rotatable bonds is 2. The molecule has 0 atom stereocenters. The Kier molecular flexibility index (Phi) is 2.54. The predicted molar refractivity (Wildman–Crippen MR) is 68.8 cm³/mol. The molecule has 18 heavy (non-hydrogen) atoms. The summed E-state index contributed by atoms with van der Waals surface area (Å²) in [6, 6.07) is 17.8. The lowest BCUT2D eigenvalue weighted by molar-refractivity contribution is 0.441. The van der Waals surface area contributed by atoms with Crippen LogP contribution in [0.4, 0.5) is 0 Å². The van der Waals surface area contributed by atoms with Crippen LogP contribution < -0.4 is 0 Å². The van der Waals surface area contributed by atoms with Crippen molar-refractivity contribution in [1.29, 1.82) is 5.26 Å². The van der Waals surface area contributed by atoms with E-state index in [9.17, 15) is 0 Å². The standard InChI is InChI=1S/C15H10N2O/c16-9-8-11-6-7-13-14(10-11)17-18-15(13)12-4-2-1-3-5-12/h1-7,10H,8H2. The minimum atomic E-state index is 0.392. The van der Waals surface area contributed by atoms with Gasteiger partial charge in [-0.05, 0) is 17.7 Å². The number of hydrogen-bond acceptors (Lipinski definition) is 3. The zero-order valence-corrected chi connectivity index (χ0v) is 9.63. The summed E-state index contributed by atoms with van der Waals surface area (Å²) in [6.07, 6.45) is 0.392. The van der Waals surface area contributed by atoms with Gasteiger partial charge in [0.15, 0.2) is 5.76 Å². The highest BCUT2D eigenvalue weighted by molar-refractivity contribution is 5.91. The van der Waals surface area contributed by atoms with Crippen LogP contribution in [0.25, 0.3) is 22.2 Å². The number of fused-ring (bicyclic) bond motifs is 1. The van der Waals surface area contributed by atoms with Crippen molar-refractivity contribution in [2.75, 3.05) is 0 Å². The summed E-state index contributed by atoms with van der Waals surface area (Å²) in [5, 5.41) is 13.7. The highest BCUT2D eigenvalue weighted by Crippen LogP contribution is 2.28. The van der Waals surface area contributed by atoms with E-state index in [4.69, 9.17) is 9.78 Å². The second kappa shape index (κ2) is 4.34. The Morgan fingerprint density at radius 2 is 1.94 bits per heavy atom. The van der Waals surface area contributed by atoms with E-state index in [1.165, 1.54) is 0 Å². The zero-order valence-electron chi connectivity index (χ0n) is 9.63. The van der Waals surface area contributed by atoms with Crippen LogP contribution in [0.1, 0.15) is 5.56 Å². The third-order valence-corrected chi connectivity index (χ3v) is 2.86. The van der Waals surface area contributed by atoms with E-state index in [1.54, 1.807) is 0 Å². The quantitative estimate of drug-likeness (QED) is 0.681. The summed E-state index contributed by atoms with van der Waals surface area (Å²) in [5.41, 5.74) is 2.76. The van der Waals surface area contributed by atoms with E-state index in [0.29, 0.717) is 6.42 Å². The molecule has 0 spiro atoms. The van der Waals surface area contributed by atoms with Gasteiger partial charge in [0.2, 0.25) is 0 Å². The predicted octanol–water partition coefficient (Wildman–Crippen LogP) is 3.56. The summed E-state index contributed by atoms with van der Waals surface area (Å²) in [4.78, 5) is 0. The highest BCUT2D eigenvalue weighted by Gasteiger charge is 2.10. The molecule has 2 aromatic carbocycles. The van der Waals surface area contributed by atoms with Gasteiger partial charge in [0.25, 0.3) is 0 Å². The lowest BCUT2D eigenvalue weighted by atomic mass is 10.1. The van der Waals surface area contributed by atoms with Gasteiger partial charge >= 0.3 is 0 Å². The molecule has 1 heterocycles. The maximum atomic E-state index is 8.68. The topological polar surface area (TPSA) is 49.8 Å². The van der Waals surface area contributed by atoms with Crippen LogP contribution in [0.5, 0.6) is 0 Å². The Labute approximate surface area is 104 Å².